The smallest absolute Gasteiger partial charge is 0.141 e. The van der Waals surface area contributed by atoms with Gasteiger partial charge >= 0.3 is 0 Å². The van der Waals surface area contributed by atoms with Gasteiger partial charge in [0, 0.05) is 0 Å². The lowest BCUT2D eigenvalue weighted by Crippen LogP contribution is -2.42. The number of fused-ring (bicyclic) bond motifs is 3. The van der Waals surface area contributed by atoms with Crippen LogP contribution in [-0.2, 0) is 24.0 Å². The third kappa shape index (κ3) is 2.79. The third-order valence-electron chi connectivity index (χ3n) is 7.02. The van der Waals surface area contributed by atoms with E-state index in [-0.39, 0.29) is 0 Å². The Labute approximate surface area is 183 Å². The van der Waals surface area contributed by atoms with Crippen molar-refractivity contribution in [2.75, 3.05) is 0 Å². The van der Waals surface area contributed by atoms with Gasteiger partial charge in [0.2, 0.25) is 0 Å². The SMILES string of the molecule is CCc1cc2c(cc1CC)C(O)(c1ccc3ccccc3c1)c1ccccc1C2(C)O. The topological polar surface area (TPSA) is 40.5 Å². The summed E-state index contributed by atoms with van der Waals surface area (Å²) >= 11 is 0. The summed E-state index contributed by atoms with van der Waals surface area (Å²) in [4.78, 5) is 0. The molecule has 4 aromatic rings. The van der Waals surface area contributed by atoms with Crippen molar-refractivity contribution in [3.8, 4) is 0 Å². The van der Waals surface area contributed by atoms with Crippen LogP contribution in [-0.4, -0.2) is 10.2 Å². The highest BCUT2D eigenvalue weighted by atomic mass is 16.3. The van der Waals surface area contributed by atoms with Crippen LogP contribution in [0.3, 0.4) is 0 Å². The first-order valence-corrected chi connectivity index (χ1v) is 11.1. The van der Waals surface area contributed by atoms with Crippen LogP contribution in [0.5, 0.6) is 0 Å². The molecule has 0 heterocycles. The van der Waals surface area contributed by atoms with Gasteiger partial charge in [0.15, 0.2) is 0 Å². The molecule has 0 amide bonds. The summed E-state index contributed by atoms with van der Waals surface area (Å²) in [5, 5.41) is 26.4. The molecule has 2 nitrogen and oxygen atoms in total. The van der Waals surface area contributed by atoms with Crippen LogP contribution in [0.4, 0.5) is 0 Å². The molecule has 2 heteroatoms. The average molecular weight is 409 g/mol. The number of benzene rings is 4. The number of aliphatic hydroxyl groups is 2. The third-order valence-corrected chi connectivity index (χ3v) is 7.02. The molecule has 0 radical (unpaired) electrons. The van der Waals surface area contributed by atoms with E-state index in [9.17, 15) is 10.2 Å². The Morgan fingerprint density at radius 1 is 0.613 bits per heavy atom. The fourth-order valence-corrected chi connectivity index (χ4v) is 5.29. The highest BCUT2D eigenvalue weighted by Gasteiger charge is 2.48. The molecule has 2 unspecified atom stereocenters. The van der Waals surface area contributed by atoms with Gasteiger partial charge in [0.05, 0.1) is 0 Å². The Kier molecular flexibility index (Phi) is 4.55. The van der Waals surface area contributed by atoms with Gasteiger partial charge in [-0.15, -0.1) is 0 Å². The minimum absolute atomic E-state index is 0.745. The van der Waals surface area contributed by atoms with Crippen molar-refractivity contribution < 1.29 is 10.2 Å². The van der Waals surface area contributed by atoms with E-state index >= 15 is 0 Å². The molecule has 0 saturated carbocycles. The fourth-order valence-electron chi connectivity index (χ4n) is 5.29. The number of hydrogen-bond acceptors (Lipinski definition) is 2. The van der Waals surface area contributed by atoms with E-state index < -0.39 is 11.2 Å². The minimum atomic E-state index is -1.34. The summed E-state index contributed by atoms with van der Waals surface area (Å²) < 4.78 is 0. The Balaban J connectivity index is 1.89. The zero-order chi connectivity index (χ0) is 21.8. The van der Waals surface area contributed by atoms with Crippen LogP contribution in [0, 0.1) is 0 Å². The fraction of sp³-hybridized carbons (Fsp3) is 0.241. The van der Waals surface area contributed by atoms with E-state index in [4.69, 9.17) is 0 Å². The Morgan fingerprint density at radius 2 is 1.19 bits per heavy atom. The predicted molar refractivity (Wildman–Crippen MR) is 126 cm³/mol. The molecule has 2 N–H and O–H groups in total. The van der Waals surface area contributed by atoms with E-state index in [2.05, 4.69) is 50.2 Å². The molecule has 0 fully saturated rings. The average Bonchev–Trinajstić information content (AvgIpc) is 2.81. The van der Waals surface area contributed by atoms with Crippen LogP contribution in [0.15, 0.2) is 78.9 Å². The van der Waals surface area contributed by atoms with Gasteiger partial charge in [-0.25, -0.2) is 0 Å². The first-order valence-electron chi connectivity index (χ1n) is 11.1. The molecule has 4 aromatic carbocycles. The maximum absolute atomic E-state index is 12.5. The minimum Gasteiger partial charge on any atom is -0.381 e. The molecule has 0 spiro atoms. The molecule has 5 rings (SSSR count). The zero-order valence-corrected chi connectivity index (χ0v) is 18.3. The normalized spacial score (nSPS) is 22.2. The van der Waals surface area contributed by atoms with Gasteiger partial charge in [-0.05, 0) is 75.5 Å². The van der Waals surface area contributed by atoms with Gasteiger partial charge in [-0.1, -0.05) is 86.6 Å². The molecule has 0 aliphatic heterocycles. The van der Waals surface area contributed by atoms with Crippen LogP contribution in [0.2, 0.25) is 0 Å². The number of rotatable bonds is 3. The van der Waals surface area contributed by atoms with E-state index in [0.29, 0.717) is 0 Å². The van der Waals surface area contributed by atoms with Crippen molar-refractivity contribution in [3.05, 3.63) is 118 Å². The quantitative estimate of drug-likeness (QED) is 0.449. The molecular formula is C29H28O2. The second-order valence-corrected chi connectivity index (χ2v) is 8.76. The Bertz CT molecular complexity index is 1300. The highest BCUT2D eigenvalue weighted by molar-refractivity contribution is 5.84. The lowest BCUT2D eigenvalue weighted by Gasteiger charge is -2.44. The molecule has 156 valence electrons. The van der Waals surface area contributed by atoms with Crippen molar-refractivity contribution in [2.45, 2.75) is 44.8 Å². The van der Waals surface area contributed by atoms with E-state index in [0.717, 1.165) is 51.4 Å². The second-order valence-electron chi connectivity index (χ2n) is 8.76. The first-order chi connectivity index (χ1) is 14.9. The number of aryl methyl sites for hydroxylation is 2. The van der Waals surface area contributed by atoms with Crippen molar-refractivity contribution in [1.82, 2.24) is 0 Å². The Hall–Kier alpha value is -2.94. The summed E-state index contributed by atoms with van der Waals surface area (Å²) in [5.41, 5.74) is 3.81. The van der Waals surface area contributed by atoms with Gasteiger partial charge in [-0.3, -0.25) is 0 Å². The molecule has 0 bridgehead atoms. The Morgan fingerprint density at radius 3 is 1.87 bits per heavy atom. The van der Waals surface area contributed by atoms with Crippen molar-refractivity contribution in [1.29, 1.82) is 0 Å². The van der Waals surface area contributed by atoms with Gasteiger partial charge in [0.25, 0.3) is 0 Å². The molecule has 1 aliphatic carbocycles. The van der Waals surface area contributed by atoms with Gasteiger partial charge in [-0.2, -0.15) is 0 Å². The molecule has 2 atom stereocenters. The summed E-state index contributed by atoms with van der Waals surface area (Å²) in [6.07, 6.45) is 1.77. The molecule has 0 aromatic heterocycles. The van der Waals surface area contributed by atoms with Crippen LogP contribution in [0.1, 0.15) is 59.7 Å². The highest BCUT2D eigenvalue weighted by Crippen LogP contribution is 2.51. The summed E-state index contributed by atoms with van der Waals surface area (Å²) in [6.45, 7) is 6.13. The predicted octanol–water partition coefficient (Wildman–Crippen LogP) is 5.82. The molecule has 31 heavy (non-hydrogen) atoms. The summed E-state index contributed by atoms with van der Waals surface area (Å²) in [7, 11) is 0. The second kappa shape index (κ2) is 7.05. The van der Waals surface area contributed by atoms with Crippen LogP contribution >= 0.6 is 0 Å². The zero-order valence-electron chi connectivity index (χ0n) is 18.3. The van der Waals surface area contributed by atoms with E-state index in [1.807, 2.05) is 49.4 Å². The number of hydrogen-bond donors (Lipinski definition) is 2. The van der Waals surface area contributed by atoms with E-state index in [1.165, 1.54) is 11.1 Å². The molecular weight excluding hydrogens is 380 g/mol. The van der Waals surface area contributed by atoms with Crippen LogP contribution < -0.4 is 0 Å². The molecule has 1 aliphatic rings. The van der Waals surface area contributed by atoms with Crippen molar-refractivity contribution >= 4 is 10.8 Å². The van der Waals surface area contributed by atoms with Gasteiger partial charge < -0.3 is 10.2 Å². The van der Waals surface area contributed by atoms with Crippen molar-refractivity contribution in [2.24, 2.45) is 0 Å². The maximum Gasteiger partial charge on any atom is 0.141 e. The van der Waals surface area contributed by atoms with E-state index in [1.54, 1.807) is 0 Å². The monoisotopic (exact) mass is 408 g/mol. The van der Waals surface area contributed by atoms with Gasteiger partial charge in [0.1, 0.15) is 11.2 Å². The van der Waals surface area contributed by atoms with Crippen molar-refractivity contribution in [3.63, 3.8) is 0 Å². The summed E-state index contributed by atoms with van der Waals surface area (Å²) in [6, 6.07) is 26.3. The summed E-state index contributed by atoms with van der Waals surface area (Å²) in [5.74, 6) is 0. The van der Waals surface area contributed by atoms with Crippen LogP contribution in [0.25, 0.3) is 10.8 Å². The standard InChI is InChI=1S/C29H28O2/c1-4-19-17-26-27(18-20(19)5-2)29(31,25-13-9-8-12-24(25)28(26,3)30)23-15-14-21-10-6-7-11-22(21)16-23/h6-18,30-31H,4-5H2,1-3H3. The lowest BCUT2D eigenvalue weighted by atomic mass is 9.65. The molecule has 0 saturated heterocycles. The lowest BCUT2D eigenvalue weighted by molar-refractivity contribution is 0.0614. The maximum atomic E-state index is 12.5. The largest absolute Gasteiger partial charge is 0.381 e. The first kappa shape index (κ1) is 20.0.